The molecule has 5 rings (SSSR count). The summed E-state index contributed by atoms with van der Waals surface area (Å²) in [4.78, 5) is 28.5. The third kappa shape index (κ3) is 4.87. The van der Waals surface area contributed by atoms with Gasteiger partial charge < -0.3 is 14.1 Å². The van der Waals surface area contributed by atoms with E-state index >= 15 is 0 Å². The molecule has 34 heavy (non-hydrogen) atoms. The molecule has 1 amide bonds. The van der Waals surface area contributed by atoms with Crippen molar-refractivity contribution >= 4 is 16.9 Å². The SMILES string of the molecule is O=C(COc1ccc2ccc(=O)oc2c1)N1CCN(C(c2ccccc2)c2ccccc2)CC1. The lowest BCUT2D eigenvalue weighted by atomic mass is 9.96. The molecule has 6 nitrogen and oxygen atoms in total. The Morgan fingerprint density at radius 1 is 0.824 bits per heavy atom. The molecule has 4 aromatic rings. The van der Waals surface area contributed by atoms with E-state index in [4.69, 9.17) is 9.15 Å². The normalized spacial score (nSPS) is 14.4. The van der Waals surface area contributed by atoms with Gasteiger partial charge in [0.2, 0.25) is 0 Å². The van der Waals surface area contributed by atoms with Crippen LogP contribution in [-0.2, 0) is 4.79 Å². The van der Waals surface area contributed by atoms with Crippen molar-refractivity contribution in [1.82, 2.24) is 9.80 Å². The van der Waals surface area contributed by atoms with E-state index in [1.165, 1.54) is 17.2 Å². The number of ether oxygens (including phenoxy) is 1. The highest BCUT2D eigenvalue weighted by Crippen LogP contribution is 2.29. The van der Waals surface area contributed by atoms with Gasteiger partial charge >= 0.3 is 5.63 Å². The molecule has 1 fully saturated rings. The lowest BCUT2D eigenvalue weighted by molar-refractivity contribution is -0.135. The van der Waals surface area contributed by atoms with E-state index < -0.39 is 5.63 Å². The van der Waals surface area contributed by atoms with Gasteiger partial charge in [-0.05, 0) is 29.3 Å². The molecule has 172 valence electrons. The molecule has 2 heterocycles. The van der Waals surface area contributed by atoms with Crippen LogP contribution in [0.1, 0.15) is 17.2 Å². The van der Waals surface area contributed by atoms with E-state index in [0.29, 0.717) is 24.4 Å². The van der Waals surface area contributed by atoms with Gasteiger partial charge in [-0.1, -0.05) is 60.7 Å². The van der Waals surface area contributed by atoms with Crippen LogP contribution in [0.15, 0.2) is 100 Å². The number of hydrogen-bond donors (Lipinski definition) is 0. The predicted octanol–water partition coefficient (Wildman–Crippen LogP) is 4.11. The summed E-state index contributed by atoms with van der Waals surface area (Å²) in [6, 6.07) is 29.5. The van der Waals surface area contributed by atoms with Crippen LogP contribution in [0.25, 0.3) is 11.0 Å². The molecule has 0 bridgehead atoms. The summed E-state index contributed by atoms with van der Waals surface area (Å²) in [6.07, 6.45) is 0. The van der Waals surface area contributed by atoms with Crippen molar-refractivity contribution in [2.45, 2.75) is 6.04 Å². The number of piperazine rings is 1. The van der Waals surface area contributed by atoms with Gasteiger partial charge in [-0.15, -0.1) is 0 Å². The minimum Gasteiger partial charge on any atom is -0.484 e. The topological polar surface area (TPSA) is 63.0 Å². The molecule has 0 N–H and O–H groups in total. The van der Waals surface area contributed by atoms with Crippen LogP contribution >= 0.6 is 0 Å². The third-order valence-corrected chi connectivity index (χ3v) is 6.22. The second-order valence-corrected chi connectivity index (χ2v) is 8.38. The number of rotatable bonds is 6. The first-order valence-corrected chi connectivity index (χ1v) is 11.5. The van der Waals surface area contributed by atoms with Crippen molar-refractivity contribution in [2.75, 3.05) is 32.8 Å². The minimum absolute atomic E-state index is 0.0507. The van der Waals surface area contributed by atoms with Crippen LogP contribution in [-0.4, -0.2) is 48.5 Å². The first kappa shape index (κ1) is 21.9. The van der Waals surface area contributed by atoms with Crippen molar-refractivity contribution in [3.05, 3.63) is 113 Å². The van der Waals surface area contributed by atoms with Crippen molar-refractivity contribution in [2.24, 2.45) is 0 Å². The van der Waals surface area contributed by atoms with Gasteiger partial charge in [0.25, 0.3) is 5.91 Å². The molecule has 0 radical (unpaired) electrons. The van der Waals surface area contributed by atoms with Crippen LogP contribution in [0.2, 0.25) is 0 Å². The number of fused-ring (bicyclic) bond motifs is 1. The van der Waals surface area contributed by atoms with Gasteiger partial charge in [-0.2, -0.15) is 0 Å². The zero-order valence-corrected chi connectivity index (χ0v) is 18.8. The summed E-state index contributed by atoms with van der Waals surface area (Å²) in [5.74, 6) is 0.451. The summed E-state index contributed by atoms with van der Waals surface area (Å²) in [5.41, 5.74) is 2.53. The predicted molar refractivity (Wildman–Crippen MR) is 131 cm³/mol. The number of hydrogen-bond acceptors (Lipinski definition) is 5. The Bertz CT molecular complexity index is 1270. The van der Waals surface area contributed by atoms with E-state index in [0.717, 1.165) is 18.5 Å². The summed E-state index contributed by atoms with van der Waals surface area (Å²) in [5, 5.41) is 0.806. The molecule has 0 saturated carbocycles. The molecular weight excluding hydrogens is 428 g/mol. The molecule has 1 aromatic heterocycles. The molecule has 0 atom stereocenters. The highest BCUT2D eigenvalue weighted by atomic mass is 16.5. The fraction of sp³-hybridized carbons (Fsp3) is 0.214. The molecule has 6 heteroatoms. The van der Waals surface area contributed by atoms with Crippen molar-refractivity contribution < 1.29 is 13.9 Å². The quantitative estimate of drug-likeness (QED) is 0.411. The molecule has 0 spiro atoms. The second kappa shape index (κ2) is 9.93. The first-order chi connectivity index (χ1) is 16.7. The standard InChI is InChI=1S/C28H26N2O4/c31-26(20-33-24-13-11-21-12-14-27(32)34-25(21)19-24)29-15-17-30(18-16-29)28(22-7-3-1-4-8-22)23-9-5-2-6-10-23/h1-14,19,28H,15-18,20H2. The van der Waals surface area contributed by atoms with Gasteiger partial charge in [0.1, 0.15) is 11.3 Å². The van der Waals surface area contributed by atoms with Crippen LogP contribution in [0.4, 0.5) is 0 Å². The van der Waals surface area contributed by atoms with Crippen LogP contribution in [0.5, 0.6) is 5.75 Å². The Balaban J connectivity index is 1.22. The van der Waals surface area contributed by atoms with Gasteiger partial charge in [-0.25, -0.2) is 4.79 Å². The van der Waals surface area contributed by atoms with Crippen LogP contribution in [0, 0.1) is 0 Å². The molecule has 0 aliphatic carbocycles. The van der Waals surface area contributed by atoms with Gasteiger partial charge in [0.15, 0.2) is 6.61 Å². The number of carbonyl (C=O) groups excluding carboxylic acids is 1. The molecule has 1 aliphatic rings. The summed E-state index contributed by atoms with van der Waals surface area (Å²) in [6.45, 7) is 2.79. The Labute approximate surface area is 198 Å². The molecule has 0 unspecified atom stereocenters. The average Bonchev–Trinajstić information content (AvgIpc) is 2.89. The van der Waals surface area contributed by atoms with Gasteiger partial charge in [0.05, 0.1) is 6.04 Å². The smallest absolute Gasteiger partial charge is 0.336 e. The fourth-order valence-corrected chi connectivity index (χ4v) is 4.48. The molecule has 1 saturated heterocycles. The molecule has 1 aliphatic heterocycles. The average molecular weight is 455 g/mol. The van der Waals surface area contributed by atoms with E-state index in [1.54, 1.807) is 18.2 Å². The lowest BCUT2D eigenvalue weighted by Gasteiger charge is -2.39. The summed E-state index contributed by atoms with van der Waals surface area (Å²) < 4.78 is 10.9. The largest absolute Gasteiger partial charge is 0.484 e. The molecule has 3 aromatic carbocycles. The van der Waals surface area contributed by atoms with E-state index in [9.17, 15) is 9.59 Å². The minimum atomic E-state index is -0.414. The Hall–Kier alpha value is -3.90. The summed E-state index contributed by atoms with van der Waals surface area (Å²) >= 11 is 0. The maximum atomic E-state index is 12.8. The van der Waals surface area contributed by atoms with E-state index in [2.05, 4.69) is 53.4 Å². The number of amides is 1. The van der Waals surface area contributed by atoms with Crippen LogP contribution < -0.4 is 10.4 Å². The van der Waals surface area contributed by atoms with Crippen molar-refractivity contribution in [1.29, 1.82) is 0 Å². The van der Waals surface area contributed by atoms with Gasteiger partial charge in [0, 0.05) is 43.7 Å². The van der Waals surface area contributed by atoms with Crippen molar-refractivity contribution in [3.63, 3.8) is 0 Å². The lowest BCUT2D eigenvalue weighted by Crippen LogP contribution is -2.51. The highest BCUT2D eigenvalue weighted by molar-refractivity contribution is 5.79. The van der Waals surface area contributed by atoms with E-state index in [1.807, 2.05) is 23.1 Å². The Kier molecular flexibility index (Phi) is 6.40. The second-order valence-electron chi connectivity index (χ2n) is 8.38. The van der Waals surface area contributed by atoms with Gasteiger partial charge in [-0.3, -0.25) is 9.69 Å². The van der Waals surface area contributed by atoms with Crippen molar-refractivity contribution in [3.8, 4) is 5.75 Å². The third-order valence-electron chi connectivity index (χ3n) is 6.22. The molecular formula is C28H26N2O4. The number of benzene rings is 3. The monoisotopic (exact) mass is 454 g/mol. The number of nitrogens with zero attached hydrogens (tertiary/aromatic N) is 2. The zero-order chi connectivity index (χ0) is 23.3. The Morgan fingerprint density at radius 2 is 1.44 bits per heavy atom. The maximum absolute atomic E-state index is 12.8. The van der Waals surface area contributed by atoms with E-state index in [-0.39, 0.29) is 18.6 Å². The maximum Gasteiger partial charge on any atom is 0.336 e. The first-order valence-electron chi connectivity index (χ1n) is 11.5. The number of carbonyl (C=O) groups is 1. The zero-order valence-electron chi connectivity index (χ0n) is 18.8. The fourth-order valence-electron chi connectivity index (χ4n) is 4.48. The summed E-state index contributed by atoms with van der Waals surface area (Å²) in [7, 11) is 0. The van der Waals surface area contributed by atoms with Crippen LogP contribution in [0.3, 0.4) is 0 Å². The highest BCUT2D eigenvalue weighted by Gasteiger charge is 2.28. The Morgan fingerprint density at radius 3 is 2.09 bits per heavy atom.